The Morgan fingerprint density at radius 2 is 1.53 bits per heavy atom. The van der Waals surface area contributed by atoms with E-state index in [9.17, 15) is 4.79 Å². The van der Waals surface area contributed by atoms with Crippen molar-refractivity contribution in [2.45, 2.75) is 41.9 Å². The molecule has 0 saturated carbocycles. The number of halogens is 1. The second-order valence-corrected chi connectivity index (χ2v) is 12.2. The molecule has 1 aromatic heterocycles. The normalized spacial score (nSPS) is 16.1. The first-order valence-electron chi connectivity index (χ1n) is 14.7. The van der Waals surface area contributed by atoms with Gasteiger partial charge in [0.2, 0.25) is 0 Å². The zero-order valence-corrected chi connectivity index (χ0v) is 25.5. The van der Waals surface area contributed by atoms with Crippen LogP contribution in [0.25, 0.3) is 0 Å². The maximum Gasteiger partial charge on any atom is 0.251 e. The van der Waals surface area contributed by atoms with Crippen molar-refractivity contribution in [3.63, 3.8) is 0 Å². The quantitative estimate of drug-likeness (QED) is 0.121. The lowest BCUT2D eigenvalue weighted by Gasteiger charge is -2.38. The second kappa shape index (κ2) is 13.9. The molecule has 2 aliphatic heterocycles. The zero-order chi connectivity index (χ0) is 29.5. The van der Waals surface area contributed by atoms with Crippen LogP contribution in [-0.4, -0.2) is 54.5 Å². The summed E-state index contributed by atoms with van der Waals surface area (Å²) < 4.78 is 11.7. The predicted molar refractivity (Wildman–Crippen MR) is 171 cm³/mol. The van der Waals surface area contributed by atoms with E-state index in [0.717, 1.165) is 43.7 Å². The van der Waals surface area contributed by atoms with Gasteiger partial charge in [0.05, 0.1) is 13.2 Å². The minimum absolute atomic E-state index is 0.0707. The molecule has 0 bridgehead atoms. The smallest absolute Gasteiger partial charge is 0.251 e. The molecule has 6 rings (SSSR count). The SMILES string of the molecule is O=C(NCCC(c1ccccc1)c1ccccc1)c1ccc(CSc2nc(Cl)cc(N3CCC4(CC3)OCCO4)n2)cc1. The molecule has 0 unspecified atom stereocenters. The molecule has 7 nitrogen and oxygen atoms in total. The Labute approximate surface area is 262 Å². The van der Waals surface area contributed by atoms with E-state index >= 15 is 0 Å². The fourth-order valence-electron chi connectivity index (χ4n) is 5.70. The molecular weight excluding hydrogens is 580 g/mol. The predicted octanol–water partition coefficient (Wildman–Crippen LogP) is 6.72. The summed E-state index contributed by atoms with van der Waals surface area (Å²) in [5.74, 6) is 1.21. The van der Waals surface area contributed by atoms with Crippen molar-refractivity contribution in [3.8, 4) is 0 Å². The molecule has 43 heavy (non-hydrogen) atoms. The number of aromatic nitrogens is 2. The maximum atomic E-state index is 12.9. The Morgan fingerprint density at radius 3 is 2.16 bits per heavy atom. The Balaban J connectivity index is 1.01. The second-order valence-electron chi connectivity index (χ2n) is 10.8. The highest BCUT2D eigenvalue weighted by Gasteiger charge is 2.40. The number of nitrogens with zero attached hydrogens (tertiary/aromatic N) is 3. The van der Waals surface area contributed by atoms with E-state index in [2.05, 4.69) is 63.7 Å². The Morgan fingerprint density at radius 1 is 0.907 bits per heavy atom. The molecule has 1 N–H and O–H groups in total. The first-order valence-corrected chi connectivity index (χ1v) is 16.1. The summed E-state index contributed by atoms with van der Waals surface area (Å²) in [5, 5.41) is 4.16. The van der Waals surface area contributed by atoms with E-state index in [1.165, 1.54) is 22.9 Å². The monoisotopic (exact) mass is 614 g/mol. The van der Waals surface area contributed by atoms with Gasteiger partial charge < -0.3 is 19.7 Å². The Kier molecular flexibility index (Phi) is 9.58. The number of benzene rings is 3. The van der Waals surface area contributed by atoms with Crippen LogP contribution in [0.15, 0.2) is 96.2 Å². The number of thioether (sulfide) groups is 1. The van der Waals surface area contributed by atoms with E-state index in [1.807, 2.05) is 42.5 Å². The van der Waals surface area contributed by atoms with Crippen LogP contribution in [0.5, 0.6) is 0 Å². The molecule has 2 aliphatic rings. The average molecular weight is 615 g/mol. The highest BCUT2D eigenvalue weighted by atomic mass is 35.5. The van der Waals surface area contributed by atoms with E-state index in [0.29, 0.717) is 41.4 Å². The van der Waals surface area contributed by atoms with Gasteiger partial charge in [0.1, 0.15) is 11.0 Å². The van der Waals surface area contributed by atoms with Crippen molar-refractivity contribution < 1.29 is 14.3 Å². The van der Waals surface area contributed by atoms with Crippen LogP contribution in [0, 0.1) is 0 Å². The topological polar surface area (TPSA) is 76.6 Å². The van der Waals surface area contributed by atoms with Crippen LogP contribution in [0.1, 0.15) is 52.2 Å². The molecule has 2 fully saturated rings. The molecule has 2 saturated heterocycles. The third kappa shape index (κ3) is 7.57. The van der Waals surface area contributed by atoms with Crippen LogP contribution in [0.2, 0.25) is 5.15 Å². The molecule has 0 atom stereocenters. The van der Waals surface area contributed by atoms with Crippen molar-refractivity contribution >= 4 is 35.1 Å². The Bertz CT molecular complexity index is 1450. The number of hydrogen-bond acceptors (Lipinski definition) is 7. The summed E-state index contributed by atoms with van der Waals surface area (Å²) >= 11 is 7.90. The van der Waals surface area contributed by atoms with Gasteiger partial charge in [-0.25, -0.2) is 9.97 Å². The van der Waals surface area contributed by atoms with E-state index < -0.39 is 5.79 Å². The molecule has 222 valence electrons. The third-order valence-electron chi connectivity index (χ3n) is 8.03. The van der Waals surface area contributed by atoms with Crippen molar-refractivity contribution in [3.05, 3.63) is 118 Å². The minimum atomic E-state index is -0.430. The first kappa shape index (κ1) is 29.6. The largest absolute Gasteiger partial charge is 0.356 e. The summed E-state index contributed by atoms with van der Waals surface area (Å²) in [6, 6.07) is 30.4. The van der Waals surface area contributed by atoms with Crippen LogP contribution in [-0.2, 0) is 15.2 Å². The number of piperidine rings is 1. The lowest BCUT2D eigenvalue weighted by molar-refractivity contribution is -0.169. The van der Waals surface area contributed by atoms with Crippen molar-refractivity contribution in [1.82, 2.24) is 15.3 Å². The first-order chi connectivity index (χ1) is 21.1. The Hall–Kier alpha value is -3.43. The highest BCUT2D eigenvalue weighted by molar-refractivity contribution is 7.98. The van der Waals surface area contributed by atoms with Crippen LogP contribution >= 0.6 is 23.4 Å². The summed E-state index contributed by atoms with van der Waals surface area (Å²) in [6.07, 6.45) is 2.42. The van der Waals surface area contributed by atoms with Gasteiger partial charge in [0.25, 0.3) is 5.91 Å². The molecule has 1 amide bonds. The number of ether oxygens (including phenoxy) is 2. The van der Waals surface area contributed by atoms with Gasteiger partial charge >= 0.3 is 0 Å². The third-order valence-corrected chi connectivity index (χ3v) is 9.14. The van der Waals surface area contributed by atoms with E-state index in [4.69, 9.17) is 26.1 Å². The van der Waals surface area contributed by atoms with Gasteiger partial charge in [-0.2, -0.15) is 0 Å². The fourth-order valence-corrected chi connectivity index (χ4v) is 6.74. The minimum Gasteiger partial charge on any atom is -0.356 e. The molecule has 3 heterocycles. The average Bonchev–Trinajstić information content (AvgIpc) is 3.51. The van der Waals surface area contributed by atoms with Crippen molar-refractivity contribution in [1.29, 1.82) is 0 Å². The van der Waals surface area contributed by atoms with Gasteiger partial charge in [0, 0.05) is 55.8 Å². The lowest BCUT2D eigenvalue weighted by atomic mass is 9.88. The summed E-state index contributed by atoms with van der Waals surface area (Å²) in [5.41, 5.74) is 4.22. The molecule has 1 spiro atoms. The number of anilines is 1. The number of carbonyl (C=O) groups is 1. The zero-order valence-electron chi connectivity index (χ0n) is 24.0. The molecule has 0 radical (unpaired) electrons. The molecule has 0 aliphatic carbocycles. The number of nitrogens with one attached hydrogen (secondary N) is 1. The van der Waals surface area contributed by atoms with Crippen LogP contribution in [0.4, 0.5) is 5.82 Å². The van der Waals surface area contributed by atoms with E-state index in [1.54, 1.807) is 0 Å². The van der Waals surface area contributed by atoms with Gasteiger partial charge in [-0.3, -0.25) is 4.79 Å². The molecule has 9 heteroatoms. The van der Waals surface area contributed by atoms with E-state index in [-0.39, 0.29) is 11.8 Å². The standard InChI is InChI=1S/C34H35ClN4O3S/c35-30-23-31(39-19-16-34(17-20-39)41-21-22-42-34)38-33(37-30)43-24-25-11-13-28(14-12-25)32(40)36-18-15-29(26-7-3-1-4-8-26)27-9-5-2-6-10-27/h1-14,23,29H,15-22,24H2,(H,36,40). The number of amides is 1. The summed E-state index contributed by atoms with van der Waals surface area (Å²) in [7, 11) is 0. The molecule has 4 aromatic rings. The lowest BCUT2D eigenvalue weighted by Crippen LogP contribution is -2.45. The number of carbonyl (C=O) groups excluding carboxylic acids is 1. The van der Waals surface area contributed by atoms with Gasteiger partial charge in [-0.05, 0) is 35.2 Å². The number of hydrogen-bond donors (Lipinski definition) is 1. The molecular formula is C34H35ClN4O3S. The van der Waals surface area contributed by atoms with Gasteiger partial charge in [-0.1, -0.05) is 96.2 Å². The number of rotatable bonds is 10. The molecule has 3 aromatic carbocycles. The van der Waals surface area contributed by atoms with Gasteiger partial charge in [-0.15, -0.1) is 0 Å². The maximum absolute atomic E-state index is 12.9. The summed E-state index contributed by atoms with van der Waals surface area (Å²) in [4.78, 5) is 24.3. The van der Waals surface area contributed by atoms with Gasteiger partial charge in [0.15, 0.2) is 10.9 Å². The van der Waals surface area contributed by atoms with Crippen LogP contribution in [0.3, 0.4) is 0 Å². The highest BCUT2D eigenvalue weighted by Crippen LogP contribution is 2.34. The summed E-state index contributed by atoms with van der Waals surface area (Å²) in [6.45, 7) is 3.49. The van der Waals surface area contributed by atoms with Crippen molar-refractivity contribution in [2.75, 3.05) is 37.7 Å². The van der Waals surface area contributed by atoms with Crippen LogP contribution < -0.4 is 10.2 Å². The van der Waals surface area contributed by atoms with Crippen molar-refractivity contribution in [2.24, 2.45) is 0 Å². The fraction of sp³-hybridized carbons (Fsp3) is 0.324.